The fraction of sp³-hybridized carbons (Fsp3) is 0.520. The van der Waals surface area contributed by atoms with Crippen LogP contribution in [-0.2, 0) is 23.7 Å². The number of esters is 1. The van der Waals surface area contributed by atoms with Gasteiger partial charge in [0.25, 0.3) is 0 Å². The van der Waals surface area contributed by atoms with Crippen molar-refractivity contribution in [1.82, 2.24) is 0 Å². The van der Waals surface area contributed by atoms with Gasteiger partial charge in [-0.3, -0.25) is 4.79 Å². The highest BCUT2D eigenvalue weighted by molar-refractivity contribution is 5.97. The van der Waals surface area contributed by atoms with Crippen molar-refractivity contribution >= 4 is 17.8 Å². The molecule has 0 radical (unpaired) electrons. The number of carbonyl (C=O) groups excluding carboxylic acids is 2. The molecule has 1 saturated heterocycles. The van der Waals surface area contributed by atoms with Crippen molar-refractivity contribution < 1.29 is 42.4 Å². The number of cyclic esters (lactones) is 1. The lowest BCUT2D eigenvalue weighted by molar-refractivity contribution is -0.152. The van der Waals surface area contributed by atoms with Crippen molar-refractivity contribution in [3.63, 3.8) is 0 Å². The summed E-state index contributed by atoms with van der Waals surface area (Å²) in [6, 6.07) is 3.16. The molecule has 4 atom stereocenters. The molecule has 1 aromatic rings. The second-order valence-electron chi connectivity index (χ2n) is 8.81. The average Bonchev–Trinajstić information content (AvgIpc) is 3.09. The van der Waals surface area contributed by atoms with E-state index in [1.807, 2.05) is 0 Å². The summed E-state index contributed by atoms with van der Waals surface area (Å²) in [5.74, 6) is -1.60. The molecule has 0 spiro atoms. The standard InChI is InChI=1S/C25H31FO8/c1-15-25(4,26)11-10-18(27)22-19(33-24(2,3)34-22)9-7-8-16-12-17(30-6)13-20(31-14-29-5)21(16)23(28)32-15/h7-8,10-13,15,19,22H,9,14H2,1-6H3/b8-7?,11-10-/t15?,19-,22+,25?/m0/s1. The molecule has 0 N–H and O–H groups in total. The fourth-order valence-electron chi connectivity index (χ4n) is 3.70. The Morgan fingerprint density at radius 1 is 1.12 bits per heavy atom. The smallest absolute Gasteiger partial charge is 0.342 e. The summed E-state index contributed by atoms with van der Waals surface area (Å²) in [5, 5.41) is 0. The van der Waals surface area contributed by atoms with Gasteiger partial charge in [0.15, 0.2) is 24.0 Å². The van der Waals surface area contributed by atoms with Crippen LogP contribution < -0.4 is 9.47 Å². The summed E-state index contributed by atoms with van der Waals surface area (Å²) in [6.07, 6.45) is 3.23. The third-order valence-electron chi connectivity index (χ3n) is 5.66. The molecule has 0 saturated carbocycles. The quantitative estimate of drug-likeness (QED) is 0.474. The Labute approximate surface area is 198 Å². The van der Waals surface area contributed by atoms with Gasteiger partial charge in [0.1, 0.15) is 29.3 Å². The van der Waals surface area contributed by atoms with Crippen molar-refractivity contribution in [3.8, 4) is 11.5 Å². The van der Waals surface area contributed by atoms with E-state index in [9.17, 15) is 9.59 Å². The molecule has 0 bridgehead atoms. The highest BCUT2D eigenvalue weighted by atomic mass is 19.1. The normalized spacial score (nSPS) is 30.0. The molecule has 2 unspecified atom stereocenters. The van der Waals surface area contributed by atoms with Gasteiger partial charge in [0, 0.05) is 13.2 Å². The zero-order chi connectivity index (χ0) is 25.1. The highest BCUT2D eigenvalue weighted by Gasteiger charge is 2.44. The number of rotatable bonds is 4. The molecular formula is C25H31FO8. The number of ether oxygens (including phenoxy) is 6. The molecule has 0 amide bonds. The molecule has 186 valence electrons. The van der Waals surface area contributed by atoms with Crippen LogP contribution in [0.3, 0.4) is 0 Å². The predicted molar refractivity (Wildman–Crippen MR) is 122 cm³/mol. The Morgan fingerprint density at radius 3 is 2.53 bits per heavy atom. The number of halogens is 1. The zero-order valence-corrected chi connectivity index (χ0v) is 20.3. The first-order chi connectivity index (χ1) is 16.0. The average molecular weight is 479 g/mol. The maximum atomic E-state index is 15.4. The lowest BCUT2D eigenvalue weighted by atomic mass is 9.98. The third-order valence-corrected chi connectivity index (χ3v) is 5.66. The van der Waals surface area contributed by atoms with Crippen LogP contribution in [0.2, 0.25) is 0 Å². The van der Waals surface area contributed by atoms with Crippen molar-refractivity contribution in [3.05, 3.63) is 41.5 Å². The van der Waals surface area contributed by atoms with Gasteiger partial charge in [-0.1, -0.05) is 12.2 Å². The number of alkyl halides is 1. The van der Waals surface area contributed by atoms with E-state index in [4.69, 9.17) is 28.4 Å². The molecule has 1 fully saturated rings. The summed E-state index contributed by atoms with van der Waals surface area (Å²) < 4.78 is 48.5. The SMILES string of the molecule is COCOc1cc(OC)cc2c1C(=O)OC(C)C(C)(F)/C=C\C(=O)[C@H]1OC(C)(C)O[C@H]1CC=C2. The van der Waals surface area contributed by atoms with Gasteiger partial charge in [0.2, 0.25) is 0 Å². The molecule has 2 heterocycles. The van der Waals surface area contributed by atoms with E-state index >= 15 is 4.39 Å². The number of benzene rings is 1. The van der Waals surface area contributed by atoms with Crippen LogP contribution in [0, 0.1) is 0 Å². The second-order valence-corrected chi connectivity index (χ2v) is 8.81. The van der Waals surface area contributed by atoms with E-state index in [1.54, 1.807) is 32.1 Å². The Kier molecular flexibility index (Phi) is 7.80. The predicted octanol–water partition coefficient (Wildman–Crippen LogP) is 4.01. The van der Waals surface area contributed by atoms with Gasteiger partial charge in [-0.2, -0.15) is 0 Å². The fourth-order valence-corrected chi connectivity index (χ4v) is 3.70. The lowest BCUT2D eigenvalue weighted by Crippen LogP contribution is -2.36. The maximum absolute atomic E-state index is 15.4. The van der Waals surface area contributed by atoms with Gasteiger partial charge >= 0.3 is 5.97 Å². The van der Waals surface area contributed by atoms with Crippen molar-refractivity contribution in [1.29, 1.82) is 0 Å². The molecule has 3 rings (SSSR count). The van der Waals surface area contributed by atoms with Crippen molar-refractivity contribution in [2.75, 3.05) is 21.0 Å². The van der Waals surface area contributed by atoms with Gasteiger partial charge in [-0.25, -0.2) is 9.18 Å². The van der Waals surface area contributed by atoms with E-state index in [2.05, 4.69) is 0 Å². The lowest BCUT2D eigenvalue weighted by Gasteiger charge is -2.25. The number of hydrogen-bond donors (Lipinski definition) is 0. The minimum Gasteiger partial charge on any atom is -0.497 e. The molecule has 9 heteroatoms. The first-order valence-corrected chi connectivity index (χ1v) is 11.0. The number of fused-ring (bicyclic) bond motifs is 2. The van der Waals surface area contributed by atoms with E-state index < -0.39 is 41.5 Å². The number of carbonyl (C=O) groups is 2. The van der Waals surface area contributed by atoms with E-state index in [0.29, 0.717) is 17.7 Å². The number of methoxy groups -OCH3 is 2. The second kappa shape index (κ2) is 10.2. The van der Waals surface area contributed by atoms with Crippen molar-refractivity contribution in [2.45, 2.75) is 63.9 Å². The molecule has 34 heavy (non-hydrogen) atoms. The van der Waals surface area contributed by atoms with Crippen molar-refractivity contribution in [2.24, 2.45) is 0 Å². The Bertz CT molecular complexity index is 981. The molecule has 8 nitrogen and oxygen atoms in total. The van der Waals surface area contributed by atoms with Gasteiger partial charge in [-0.15, -0.1) is 0 Å². The summed E-state index contributed by atoms with van der Waals surface area (Å²) in [4.78, 5) is 26.0. The summed E-state index contributed by atoms with van der Waals surface area (Å²) in [5.41, 5.74) is -1.61. The summed E-state index contributed by atoms with van der Waals surface area (Å²) in [6.45, 7) is 5.94. The van der Waals surface area contributed by atoms with E-state index in [-0.39, 0.29) is 18.1 Å². The zero-order valence-electron chi connectivity index (χ0n) is 20.3. The van der Waals surface area contributed by atoms with Crippen LogP contribution in [0.25, 0.3) is 6.08 Å². The number of hydrogen-bond acceptors (Lipinski definition) is 8. The third kappa shape index (κ3) is 5.84. The summed E-state index contributed by atoms with van der Waals surface area (Å²) >= 11 is 0. The molecule has 2 aliphatic heterocycles. The Hall–Kier alpha value is -2.75. The van der Waals surface area contributed by atoms with Crippen LogP contribution in [-0.4, -0.2) is 62.5 Å². The number of ketones is 1. The Morgan fingerprint density at radius 2 is 1.85 bits per heavy atom. The largest absolute Gasteiger partial charge is 0.497 e. The molecule has 0 aromatic heterocycles. The minimum absolute atomic E-state index is 0.0920. The molecule has 1 aromatic carbocycles. The van der Waals surface area contributed by atoms with Crippen LogP contribution in [0.5, 0.6) is 11.5 Å². The first kappa shape index (κ1) is 25.9. The topological polar surface area (TPSA) is 89.5 Å². The first-order valence-electron chi connectivity index (χ1n) is 11.0. The van der Waals surface area contributed by atoms with E-state index in [0.717, 1.165) is 12.2 Å². The van der Waals surface area contributed by atoms with Crippen LogP contribution in [0.15, 0.2) is 30.4 Å². The van der Waals surface area contributed by atoms with Crippen LogP contribution >= 0.6 is 0 Å². The highest BCUT2D eigenvalue weighted by Crippen LogP contribution is 2.35. The van der Waals surface area contributed by atoms with Crippen LogP contribution in [0.1, 0.15) is 50.0 Å². The van der Waals surface area contributed by atoms with Crippen LogP contribution in [0.4, 0.5) is 4.39 Å². The molecule has 0 aliphatic carbocycles. The minimum atomic E-state index is -2.13. The monoisotopic (exact) mass is 478 g/mol. The van der Waals surface area contributed by atoms with Gasteiger partial charge < -0.3 is 28.4 Å². The Balaban J connectivity index is 2.11. The van der Waals surface area contributed by atoms with E-state index in [1.165, 1.54) is 34.1 Å². The maximum Gasteiger partial charge on any atom is 0.342 e. The molecular weight excluding hydrogens is 447 g/mol. The van der Waals surface area contributed by atoms with Gasteiger partial charge in [0.05, 0.1) is 13.2 Å². The van der Waals surface area contributed by atoms with Gasteiger partial charge in [-0.05, 0) is 57.9 Å². The summed E-state index contributed by atoms with van der Waals surface area (Å²) in [7, 11) is 2.93. The molecule has 2 aliphatic rings.